The van der Waals surface area contributed by atoms with Crippen molar-refractivity contribution in [2.45, 2.75) is 6.92 Å². The summed E-state index contributed by atoms with van der Waals surface area (Å²) in [7, 11) is 0. The largest absolute Gasteiger partial charge is 0.423 e. The van der Waals surface area contributed by atoms with Crippen molar-refractivity contribution >= 4 is 6.02 Å². The lowest BCUT2D eigenvalue weighted by atomic mass is 10.2. The molecule has 0 aromatic heterocycles. The summed E-state index contributed by atoms with van der Waals surface area (Å²) in [5.41, 5.74) is 3.64. The zero-order valence-corrected chi connectivity index (χ0v) is 10.9. The number of nitrogens with zero attached hydrogens (tertiary/aromatic N) is 2. The first-order chi connectivity index (χ1) is 9.78. The van der Waals surface area contributed by atoms with Gasteiger partial charge >= 0.3 is 6.02 Å². The number of hydrogen-bond acceptors (Lipinski definition) is 4. The smallest absolute Gasteiger partial charge is 0.339 e. The van der Waals surface area contributed by atoms with Crippen LogP contribution in [0.2, 0.25) is 0 Å². The van der Waals surface area contributed by atoms with Gasteiger partial charge in [-0.05, 0) is 31.2 Å². The molecule has 1 N–H and O–H groups in total. The van der Waals surface area contributed by atoms with Crippen molar-refractivity contribution in [2.75, 3.05) is 0 Å². The van der Waals surface area contributed by atoms with Crippen LogP contribution >= 0.6 is 0 Å². The van der Waals surface area contributed by atoms with E-state index in [-0.39, 0.29) is 6.02 Å². The van der Waals surface area contributed by atoms with Crippen LogP contribution in [0.3, 0.4) is 0 Å². The van der Waals surface area contributed by atoms with Gasteiger partial charge in [-0.25, -0.2) is 0 Å². The maximum atomic E-state index is 8.64. The monoisotopic (exact) mass is 267 g/mol. The summed E-state index contributed by atoms with van der Waals surface area (Å²) < 4.78 is 5.39. The lowest BCUT2D eigenvalue weighted by Crippen LogP contribution is -2.31. The number of nitriles is 1. The molecule has 100 valence electrons. The molecule has 0 fully saturated rings. The van der Waals surface area contributed by atoms with Crippen LogP contribution < -0.4 is 15.1 Å². The molecular weight excluding hydrogens is 254 g/mol. The van der Waals surface area contributed by atoms with E-state index in [9.17, 15) is 0 Å². The van der Waals surface area contributed by atoms with Gasteiger partial charge in [0.05, 0.1) is 0 Å². The van der Waals surface area contributed by atoms with Gasteiger partial charge in [-0.1, -0.05) is 35.9 Å². The van der Waals surface area contributed by atoms with Crippen molar-refractivity contribution in [1.29, 1.82) is 5.26 Å². The lowest BCUT2D eigenvalue weighted by molar-refractivity contribution is 0.237. The molecule has 0 saturated heterocycles. The Hall–Kier alpha value is -3.00. The fraction of sp³-hybridized carbons (Fsp3) is 0.0667. The van der Waals surface area contributed by atoms with Crippen LogP contribution in [-0.2, 0) is 0 Å². The normalized spacial score (nSPS) is 10.5. The Bertz CT molecular complexity index is 616. The molecule has 5 nitrogen and oxygen atoms in total. The Kier molecular flexibility index (Phi) is 4.57. The summed E-state index contributed by atoms with van der Waals surface area (Å²) in [5, 5.41) is 8.64. The number of para-hydroxylation sites is 1. The number of hydrogen-bond donors (Lipinski definition) is 1. The number of rotatable bonds is 3. The van der Waals surface area contributed by atoms with Gasteiger partial charge in [-0.2, -0.15) is 10.7 Å². The van der Waals surface area contributed by atoms with E-state index in [1.54, 1.807) is 30.5 Å². The number of hydroxylamine groups is 1. The van der Waals surface area contributed by atoms with Crippen LogP contribution in [0, 0.1) is 18.4 Å². The van der Waals surface area contributed by atoms with Crippen molar-refractivity contribution in [2.24, 2.45) is 4.99 Å². The fourth-order valence-electron chi connectivity index (χ4n) is 1.42. The number of ether oxygens (including phenoxy) is 1. The van der Waals surface area contributed by atoms with E-state index in [1.807, 2.05) is 37.3 Å². The summed E-state index contributed by atoms with van der Waals surface area (Å²) in [4.78, 5) is 8.81. The Balaban J connectivity index is 1.98. The molecule has 0 saturated carbocycles. The van der Waals surface area contributed by atoms with Crippen molar-refractivity contribution in [3.05, 3.63) is 60.2 Å². The van der Waals surface area contributed by atoms with Crippen LogP contribution in [0.25, 0.3) is 0 Å². The quantitative estimate of drug-likeness (QED) is 0.402. The molecule has 0 atom stereocenters. The van der Waals surface area contributed by atoms with Crippen molar-refractivity contribution in [3.63, 3.8) is 0 Å². The number of nitrogens with one attached hydrogen (secondary N) is 1. The predicted octanol–water partition coefficient (Wildman–Crippen LogP) is 2.79. The average molecular weight is 267 g/mol. The Labute approximate surface area is 117 Å². The molecule has 2 rings (SSSR count). The van der Waals surface area contributed by atoms with Gasteiger partial charge in [0.25, 0.3) is 0 Å². The maximum absolute atomic E-state index is 8.64. The van der Waals surface area contributed by atoms with E-state index >= 15 is 0 Å². The number of aryl methyl sites for hydroxylation is 1. The molecule has 0 radical (unpaired) electrons. The second-order valence-electron chi connectivity index (χ2n) is 3.95. The van der Waals surface area contributed by atoms with E-state index < -0.39 is 0 Å². The molecule has 20 heavy (non-hydrogen) atoms. The van der Waals surface area contributed by atoms with Crippen LogP contribution in [0.4, 0.5) is 0 Å². The first-order valence-corrected chi connectivity index (χ1v) is 5.97. The van der Waals surface area contributed by atoms with Gasteiger partial charge in [-0.15, -0.1) is 4.99 Å². The first kappa shape index (κ1) is 13.4. The zero-order valence-electron chi connectivity index (χ0n) is 10.9. The van der Waals surface area contributed by atoms with Gasteiger partial charge < -0.3 is 9.57 Å². The molecule has 5 heteroatoms. The van der Waals surface area contributed by atoms with Gasteiger partial charge in [-0.3, -0.25) is 0 Å². The van der Waals surface area contributed by atoms with Gasteiger partial charge in [0.15, 0.2) is 5.75 Å². The highest BCUT2D eigenvalue weighted by Gasteiger charge is 2.03. The Morgan fingerprint density at radius 1 is 1.05 bits per heavy atom. The molecule has 0 bridgehead atoms. The Morgan fingerprint density at radius 3 is 2.40 bits per heavy atom. The second-order valence-corrected chi connectivity index (χ2v) is 3.95. The molecule has 0 amide bonds. The van der Waals surface area contributed by atoms with E-state index in [0.717, 1.165) is 5.56 Å². The van der Waals surface area contributed by atoms with Gasteiger partial charge in [0.1, 0.15) is 5.75 Å². The number of amidine groups is 1. The lowest BCUT2D eigenvalue weighted by Gasteiger charge is -2.10. The van der Waals surface area contributed by atoms with E-state index in [4.69, 9.17) is 14.8 Å². The average Bonchev–Trinajstić information content (AvgIpc) is 2.48. The molecule has 0 unspecified atom stereocenters. The Morgan fingerprint density at radius 2 is 1.75 bits per heavy atom. The van der Waals surface area contributed by atoms with Crippen LogP contribution in [-0.4, -0.2) is 6.02 Å². The SMILES string of the molecule is Cc1ccc(ONC(=NC#N)Oc2ccccc2)cc1. The highest BCUT2D eigenvalue weighted by molar-refractivity contribution is 5.76. The third-order valence-electron chi connectivity index (χ3n) is 2.39. The van der Waals surface area contributed by atoms with Crippen LogP contribution in [0.1, 0.15) is 5.56 Å². The molecular formula is C15H13N3O2. The van der Waals surface area contributed by atoms with Crippen LogP contribution in [0.15, 0.2) is 59.6 Å². The minimum absolute atomic E-state index is 0.0284. The molecule has 2 aromatic carbocycles. The van der Waals surface area contributed by atoms with Gasteiger partial charge in [0, 0.05) is 0 Å². The fourth-order valence-corrected chi connectivity index (χ4v) is 1.42. The summed E-state index contributed by atoms with van der Waals surface area (Å²) in [6.07, 6.45) is 1.65. The van der Waals surface area contributed by atoms with Crippen molar-refractivity contribution in [3.8, 4) is 17.7 Å². The summed E-state index contributed by atoms with van der Waals surface area (Å²) >= 11 is 0. The second kappa shape index (κ2) is 6.81. The molecule has 0 aliphatic rings. The molecule has 0 aliphatic carbocycles. The third kappa shape index (κ3) is 4.03. The molecule has 0 spiro atoms. The highest BCUT2D eigenvalue weighted by Crippen LogP contribution is 2.11. The number of aliphatic imine (C=N–C) groups is 1. The highest BCUT2D eigenvalue weighted by atomic mass is 16.7. The minimum atomic E-state index is -0.0284. The predicted molar refractivity (Wildman–Crippen MR) is 75.1 cm³/mol. The first-order valence-electron chi connectivity index (χ1n) is 5.97. The van der Waals surface area contributed by atoms with E-state index in [0.29, 0.717) is 11.5 Å². The topological polar surface area (TPSA) is 66.6 Å². The van der Waals surface area contributed by atoms with Crippen LogP contribution in [0.5, 0.6) is 11.5 Å². The minimum Gasteiger partial charge on any atom is -0.423 e. The maximum Gasteiger partial charge on any atom is 0.339 e. The third-order valence-corrected chi connectivity index (χ3v) is 2.39. The van der Waals surface area contributed by atoms with Gasteiger partial charge in [0.2, 0.25) is 6.19 Å². The number of benzene rings is 2. The molecule has 0 heterocycles. The summed E-state index contributed by atoms with van der Waals surface area (Å²) in [6.45, 7) is 1.98. The van der Waals surface area contributed by atoms with Crippen molar-refractivity contribution < 1.29 is 9.57 Å². The molecule has 0 aliphatic heterocycles. The van der Waals surface area contributed by atoms with E-state index in [1.165, 1.54) is 0 Å². The standard InChI is InChI=1S/C15H13N3O2/c1-12-7-9-14(10-8-12)20-18-15(17-11-16)19-13-5-3-2-4-6-13/h2-10H,1H3,(H,17,18). The van der Waals surface area contributed by atoms with E-state index in [2.05, 4.69) is 10.5 Å². The summed E-state index contributed by atoms with van der Waals surface area (Å²) in [5.74, 6) is 1.15. The van der Waals surface area contributed by atoms with Crippen molar-refractivity contribution in [1.82, 2.24) is 5.48 Å². The summed E-state index contributed by atoms with van der Waals surface area (Å²) in [6, 6.07) is 16.4. The zero-order chi connectivity index (χ0) is 14.2. The molecule has 2 aromatic rings.